The Bertz CT molecular complexity index is 374. The average molecular weight is 317 g/mol. The summed E-state index contributed by atoms with van der Waals surface area (Å²) in [6.45, 7) is 3.53. The van der Waals surface area contributed by atoms with E-state index in [4.69, 9.17) is 0 Å². The van der Waals surface area contributed by atoms with E-state index in [1.54, 1.807) is 11.3 Å². The van der Waals surface area contributed by atoms with Crippen molar-refractivity contribution in [1.82, 2.24) is 10.2 Å². The number of thiophene rings is 1. The molecule has 0 aromatic carbocycles. The van der Waals surface area contributed by atoms with E-state index < -0.39 is 0 Å². The Kier molecular flexibility index (Phi) is 5.00. The Labute approximate surface area is 114 Å². The minimum atomic E-state index is 0.294. The van der Waals surface area contributed by atoms with Gasteiger partial charge in [-0.25, -0.2) is 0 Å². The lowest BCUT2D eigenvalue weighted by molar-refractivity contribution is -0.130. The highest BCUT2D eigenvalue weighted by molar-refractivity contribution is 9.11. The van der Waals surface area contributed by atoms with Crippen LogP contribution in [0.1, 0.15) is 24.1 Å². The first-order valence-corrected chi connectivity index (χ1v) is 7.59. The van der Waals surface area contributed by atoms with Gasteiger partial charge in [-0.3, -0.25) is 4.79 Å². The van der Waals surface area contributed by atoms with Crippen molar-refractivity contribution in [2.24, 2.45) is 0 Å². The second kappa shape index (κ2) is 6.52. The minimum Gasteiger partial charge on any atom is -0.343 e. The quantitative estimate of drug-likeness (QED) is 0.847. The van der Waals surface area contributed by atoms with Crippen LogP contribution in [0.5, 0.6) is 0 Å². The molecule has 5 heteroatoms. The Morgan fingerprint density at radius 3 is 2.82 bits per heavy atom. The Hall–Kier alpha value is -0.390. The standard InChI is InChI=1S/C12H17BrN2OS/c13-11-4-3-10(17-11)9-14-6-5-12(16)15-7-1-2-8-15/h3-4,14H,1-2,5-9H2. The molecule has 0 radical (unpaired) electrons. The molecule has 0 atom stereocenters. The van der Waals surface area contributed by atoms with E-state index in [1.165, 1.54) is 17.7 Å². The summed E-state index contributed by atoms with van der Waals surface area (Å²) in [4.78, 5) is 15.0. The van der Waals surface area contributed by atoms with Gasteiger partial charge in [0.2, 0.25) is 5.91 Å². The zero-order valence-corrected chi connectivity index (χ0v) is 12.1. The van der Waals surface area contributed by atoms with Crippen LogP contribution in [0, 0.1) is 0 Å². The largest absolute Gasteiger partial charge is 0.343 e. The molecule has 0 spiro atoms. The molecule has 1 saturated heterocycles. The van der Waals surface area contributed by atoms with Gasteiger partial charge in [0.15, 0.2) is 0 Å². The van der Waals surface area contributed by atoms with Crippen molar-refractivity contribution < 1.29 is 4.79 Å². The Morgan fingerprint density at radius 2 is 2.18 bits per heavy atom. The number of hydrogen-bond donors (Lipinski definition) is 1. The third-order valence-corrected chi connectivity index (χ3v) is 4.53. The summed E-state index contributed by atoms with van der Waals surface area (Å²) in [6, 6.07) is 4.15. The molecule has 1 fully saturated rings. The number of likely N-dealkylation sites (tertiary alicyclic amines) is 1. The van der Waals surface area contributed by atoms with Gasteiger partial charge in [0.1, 0.15) is 0 Å². The van der Waals surface area contributed by atoms with Crippen molar-refractivity contribution in [3.8, 4) is 0 Å². The van der Waals surface area contributed by atoms with Crippen molar-refractivity contribution in [3.05, 3.63) is 20.8 Å². The van der Waals surface area contributed by atoms with Crippen LogP contribution in [0.25, 0.3) is 0 Å². The first-order valence-electron chi connectivity index (χ1n) is 5.98. The summed E-state index contributed by atoms with van der Waals surface area (Å²) < 4.78 is 1.16. The first kappa shape index (κ1) is 13.1. The van der Waals surface area contributed by atoms with Crippen LogP contribution in [-0.2, 0) is 11.3 Å². The fourth-order valence-corrected chi connectivity index (χ4v) is 3.43. The zero-order valence-electron chi connectivity index (χ0n) is 9.75. The van der Waals surface area contributed by atoms with Gasteiger partial charge in [-0.2, -0.15) is 0 Å². The second-order valence-electron chi connectivity index (χ2n) is 4.22. The molecular formula is C12H17BrN2OS. The Morgan fingerprint density at radius 1 is 1.41 bits per heavy atom. The molecule has 0 bridgehead atoms. The fraction of sp³-hybridized carbons (Fsp3) is 0.583. The maximum absolute atomic E-state index is 11.7. The topological polar surface area (TPSA) is 32.3 Å². The van der Waals surface area contributed by atoms with Crippen molar-refractivity contribution >= 4 is 33.2 Å². The van der Waals surface area contributed by atoms with E-state index in [2.05, 4.69) is 33.4 Å². The summed E-state index contributed by atoms with van der Waals surface area (Å²) in [5.74, 6) is 0.294. The van der Waals surface area contributed by atoms with Crippen LogP contribution in [0.2, 0.25) is 0 Å². The minimum absolute atomic E-state index is 0.294. The highest BCUT2D eigenvalue weighted by Crippen LogP contribution is 2.21. The molecule has 1 amide bonds. The number of nitrogens with zero attached hydrogens (tertiary/aromatic N) is 1. The molecule has 94 valence electrons. The number of carbonyl (C=O) groups is 1. The summed E-state index contributed by atoms with van der Waals surface area (Å²) in [5.41, 5.74) is 0. The van der Waals surface area contributed by atoms with Crippen LogP contribution in [0.3, 0.4) is 0 Å². The van der Waals surface area contributed by atoms with Crippen LogP contribution in [-0.4, -0.2) is 30.4 Å². The number of amides is 1. The lowest BCUT2D eigenvalue weighted by atomic mass is 10.3. The molecule has 1 aromatic rings. The second-order valence-corrected chi connectivity index (χ2v) is 6.77. The molecule has 1 aromatic heterocycles. The molecule has 2 rings (SSSR count). The molecule has 17 heavy (non-hydrogen) atoms. The molecule has 0 unspecified atom stereocenters. The predicted molar refractivity (Wildman–Crippen MR) is 74.2 cm³/mol. The number of halogens is 1. The van der Waals surface area contributed by atoms with Gasteiger partial charge in [0.05, 0.1) is 3.79 Å². The molecular weight excluding hydrogens is 300 g/mol. The number of nitrogens with one attached hydrogen (secondary N) is 1. The monoisotopic (exact) mass is 316 g/mol. The lowest BCUT2D eigenvalue weighted by Crippen LogP contribution is -2.30. The average Bonchev–Trinajstić information content (AvgIpc) is 2.95. The molecule has 1 aliphatic heterocycles. The lowest BCUT2D eigenvalue weighted by Gasteiger charge is -2.14. The third kappa shape index (κ3) is 4.08. The van der Waals surface area contributed by atoms with E-state index in [9.17, 15) is 4.79 Å². The van der Waals surface area contributed by atoms with Crippen molar-refractivity contribution in [2.45, 2.75) is 25.8 Å². The number of hydrogen-bond acceptors (Lipinski definition) is 3. The van der Waals surface area contributed by atoms with Gasteiger partial charge >= 0.3 is 0 Å². The number of rotatable bonds is 5. The van der Waals surface area contributed by atoms with E-state index in [0.29, 0.717) is 12.3 Å². The van der Waals surface area contributed by atoms with Gasteiger partial charge < -0.3 is 10.2 Å². The van der Waals surface area contributed by atoms with Crippen LogP contribution >= 0.6 is 27.3 Å². The van der Waals surface area contributed by atoms with Crippen LogP contribution in [0.15, 0.2) is 15.9 Å². The summed E-state index contributed by atoms with van der Waals surface area (Å²) in [5, 5.41) is 3.31. The van der Waals surface area contributed by atoms with E-state index >= 15 is 0 Å². The third-order valence-electron chi connectivity index (χ3n) is 2.90. The molecule has 2 heterocycles. The van der Waals surface area contributed by atoms with Crippen LogP contribution < -0.4 is 5.32 Å². The van der Waals surface area contributed by atoms with E-state index in [1.807, 2.05) is 4.90 Å². The van der Waals surface area contributed by atoms with Gasteiger partial charge in [0, 0.05) is 37.5 Å². The Balaban J connectivity index is 1.61. The highest BCUT2D eigenvalue weighted by Gasteiger charge is 2.16. The normalized spacial score (nSPS) is 15.5. The van der Waals surface area contributed by atoms with E-state index in [-0.39, 0.29) is 0 Å². The van der Waals surface area contributed by atoms with Crippen molar-refractivity contribution in [2.75, 3.05) is 19.6 Å². The van der Waals surface area contributed by atoms with Gasteiger partial charge in [-0.15, -0.1) is 11.3 Å². The maximum Gasteiger partial charge on any atom is 0.223 e. The maximum atomic E-state index is 11.7. The predicted octanol–water partition coefficient (Wildman–Crippen LogP) is 2.61. The summed E-state index contributed by atoms with van der Waals surface area (Å²) in [6.07, 6.45) is 2.96. The summed E-state index contributed by atoms with van der Waals surface area (Å²) >= 11 is 5.17. The van der Waals surface area contributed by atoms with Gasteiger partial charge in [0.25, 0.3) is 0 Å². The van der Waals surface area contributed by atoms with Gasteiger partial charge in [-0.05, 0) is 40.9 Å². The summed E-state index contributed by atoms with van der Waals surface area (Å²) in [7, 11) is 0. The van der Waals surface area contributed by atoms with E-state index in [0.717, 1.165) is 30.0 Å². The van der Waals surface area contributed by atoms with Gasteiger partial charge in [-0.1, -0.05) is 0 Å². The molecule has 1 aliphatic rings. The molecule has 0 aliphatic carbocycles. The smallest absolute Gasteiger partial charge is 0.223 e. The number of carbonyl (C=O) groups excluding carboxylic acids is 1. The zero-order chi connectivity index (χ0) is 12.1. The van der Waals surface area contributed by atoms with Crippen molar-refractivity contribution in [3.63, 3.8) is 0 Å². The molecule has 0 saturated carbocycles. The molecule has 3 nitrogen and oxygen atoms in total. The first-order chi connectivity index (χ1) is 8.25. The van der Waals surface area contributed by atoms with Crippen LogP contribution in [0.4, 0.5) is 0 Å². The SMILES string of the molecule is O=C(CCNCc1ccc(Br)s1)N1CCCC1. The van der Waals surface area contributed by atoms with Crippen molar-refractivity contribution in [1.29, 1.82) is 0 Å². The highest BCUT2D eigenvalue weighted by atomic mass is 79.9. The fourth-order valence-electron chi connectivity index (χ4n) is 1.98. The molecule has 1 N–H and O–H groups in total.